The highest BCUT2D eigenvalue weighted by atomic mass is 32.1. The number of rotatable bonds is 5. The lowest BCUT2D eigenvalue weighted by molar-refractivity contribution is 0.302. The summed E-state index contributed by atoms with van der Waals surface area (Å²) in [4.78, 5) is 3.92. The molecule has 0 aliphatic heterocycles. The van der Waals surface area contributed by atoms with Crippen LogP contribution in [-0.2, 0) is 0 Å². The van der Waals surface area contributed by atoms with Crippen LogP contribution >= 0.6 is 11.3 Å². The van der Waals surface area contributed by atoms with E-state index in [-0.39, 0.29) is 12.2 Å². The molecule has 0 saturated heterocycles. The number of anilines is 2. The molecule has 0 atom stereocenters. The van der Waals surface area contributed by atoms with E-state index in [4.69, 9.17) is 10.5 Å². The molecule has 0 unspecified atom stereocenters. The molecule has 2 aromatic rings. The van der Waals surface area contributed by atoms with Crippen molar-refractivity contribution in [3.63, 3.8) is 0 Å². The fourth-order valence-electron chi connectivity index (χ4n) is 1.42. The normalized spacial score (nSPS) is 10.9. The maximum Gasteiger partial charge on any atom is 0.205 e. The number of hydrogen-bond donors (Lipinski definition) is 2. The third-order valence-corrected chi connectivity index (χ3v) is 3.02. The monoisotopic (exact) mass is 298 g/mol. The van der Waals surface area contributed by atoms with Crippen LogP contribution in [0.15, 0.2) is 22.6 Å². The van der Waals surface area contributed by atoms with Crippen molar-refractivity contribution >= 4 is 28.5 Å². The molecule has 0 fully saturated rings. The summed E-state index contributed by atoms with van der Waals surface area (Å²) in [5.41, 5.74) is 8.15. The summed E-state index contributed by atoms with van der Waals surface area (Å²) in [6.45, 7) is 1.82. The van der Waals surface area contributed by atoms with Crippen molar-refractivity contribution in [1.82, 2.24) is 4.98 Å². The summed E-state index contributed by atoms with van der Waals surface area (Å²) in [5, 5.41) is 5.94. The van der Waals surface area contributed by atoms with E-state index in [0.29, 0.717) is 10.9 Å². The quantitative estimate of drug-likeness (QED) is 0.657. The van der Waals surface area contributed by atoms with E-state index < -0.39 is 17.4 Å². The van der Waals surface area contributed by atoms with Gasteiger partial charge in [-0.3, -0.25) is 5.43 Å². The second kappa shape index (κ2) is 6.29. The number of hydrogen-bond acceptors (Lipinski definition) is 6. The molecule has 1 heterocycles. The van der Waals surface area contributed by atoms with Crippen LogP contribution in [0.25, 0.3) is 0 Å². The number of nitrogens with two attached hydrogens (primary N) is 1. The van der Waals surface area contributed by atoms with E-state index in [1.165, 1.54) is 23.6 Å². The van der Waals surface area contributed by atoms with Crippen molar-refractivity contribution < 1.29 is 13.5 Å². The minimum absolute atomic E-state index is 0.104. The first-order valence-electron chi connectivity index (χ1n) is 5.72. The number of nitrogens with zero attached hydrogens (tertiary/aromatic N) is 2. The summed E-state index contributed by atoms with van der Waals surface area (Å²) in [5.74, 6) is -1.58. The Kier molecular flexibility index (Phi) is 4.46. The summed E-state index contributed by atoms with van der Waals surface area (Å²) in [6.07, 6.45) is 1.22. The molecule has 0 bridgehead atoms. The van der Waals surface area contributed by atoms with Crippen LogP contribution in [0.5, 0.6) is 5.75 Å². The van der Waals surface area contributed by atoms with Gasteiger partial charge in [0.1, 0.15) is 5.82 Å². The van der Waals surface area contributed by atoms with Crippen molar-refractivity contribution in [2.24, 2.45) is 5.10 Å². The van der Waals surface area contributed by atoms with Crippen molar-refractivity contribution in [2.75, 3.05) is 17.8 Å². The third kappa shape index (κ3) is 3.21. The number of benzene rings is 1. The number of nitrogen functional groups attached to an aromatic ring is 1. The first kappa shape index (κ1) is 14.2. The van der Waals surface area contributed by atoms with Gasteiger partial charge < -0.3 is 10.5 Å². The van der Waals surface area contributed by atoms with Gasteiger partial charge >= 0.3 is 0 Å². The second-order valence-corrected chi connectivity index (χ2v) is 4.52. The molecule has 0 saturated carbocycles. The molecule has 2 rings (SSSR count). The molecule has 1 aromatic heterocycles. The van der Waals surface area contributed by atoms with Crippen LogP contribution in [0, 0.1) is 11.6 Å². The Balaban J connectivity index is 2.14. The maximum atomic E-state index is 13.9. The molecular weight excluding hydrogens is 286 g/mol. The van der Waals surface area contributed by atoms with Crippen LogP contribution in [0.1, 0.15) is 12.5 Å². The summed E-state index contributed by atoms with van der Waals surface area (Å²) >= 11 is 1.26. The Hall–Kier alpha value is -2.22. The van der Waals surface area contributed by atoms with Crippen LogP contribution in [0.2, 0.25) is 0 Å². The van der Waals surface area contributed by atoms with E-state index in [0.717, 1.165) is 6.07 Å². The fraction of sp³-hybridized carbons (Fsp3) is 0.167. The minimum Gasteiger partial charge on any atom is -0.488 e. The zero-order valence-electron chi connectivity index (χ0n) is 10.6. The number of thiazole rings is 1. The number of nitrogens with one attached hydrogen (secondary N) is 1. The topological polar surface area (TPSA) is 72.5 Å². The van der Waals surface area contributed by atoms with Crippen LogP contribution in [0.4, 0.5) is 19.7 Å². The lowest BCUT2D eigenvalue weighted by Gasteiger charge is -2.07. The van der Waals surface area contributed by atoms with Gasteiger partial charge in [-0.2, -0.15) is 5.10 Å². The highest BCUT2D eigenvalue weighted by molar-refractivity contribution is 7.14. The number of aromatic nitrogens is 1. The van der Waals surface area contributed by atoms with Crippen molar-refractivity contribution in [1.29, 1.82) is 0 Å². The number of hydrazone groups is 1. The van der Waals surface area contributed by atoms with Gasteiger partial charge in [0.2, 0.25) is 5.13 Å². The zero-order chi connectivity index (χ0) is 14.5. The van der Waals surface area contributed by atoms with E-state index in [2.05, 4.69) is 15.5 Å². The second-order valence-electron chi connectivity index (χ2n) is 3.66. The molecule has 20 heavy (non-hydrogen) atoms. The molecular formula is C12H12F2N4OS. The van der Waals surface area contributed by atoms with Gasteiger partial charge in [0.25, 0.3) is 0 Å². The Morgan fingerprint density at radius 2 is 2.30 bits per heavy atom. The van der Waals surface area contributed by atoms with Crippen molar-refractivity contribution in [2.45, 2.75) is 6.92 Å². The molecule has 0 aliphatic carbocycles. The molecule has 106 valence electrons. The zero-order valence-corrected chi connectivity index (χ0v) is 11.4. The van der Waals surface area contributed by atoms with Crippen molar-refractivity contribution in [3.8, 4) is 5.75 Å². The Bertz CT molecular complexity index is 630. The van der Waals surface area contributed by atoms with Gasteiger partial charge in [-0.25, -0.2) is 13.8 Å². The van der Waals surface area contributed by atoms with Crippen LogP contribution in [0.3, 0.4) is 0 Å². The summed E-state index contributed by atoms with van der Waals surface area (Å²) < 4.78 is 32.2. The maximum absolute atomic E-state index is 13.9. The Labute approximate surface area is 118 Å². The van der Waals surface area contributed by atoms with Gasteiger partial charge in [-0.15, -0.1) is 11.3 Å². The van der Waals surface area contributed by atoms with Gasteiger partial charge in [-0.1, -0.05) is 0 Å². The van der Waals surface area contributed by atoms with Gasteiger partial charge in [0, 0.05) is 10.9 Å². The third-order valence-electron chi connectivity index (χ3n) is 2.25. The van der Waals surface area contributed by atoms with E-state index in [1.807, 2.05) is 0 Å². The lowest BCUT2D eigenvalue weighted by Crippen LogP contribution is -2.01. The van der Waals surface area contributed by atoms with Gasteiger partial charge in [0.05, 0.1) is 12.8 Å². The smallest absolute Gasteiger partial charge is 0.205 e. The van der Waals surface area contributed by atoms with E-state index in [1.54, 1.807) is 12.3 Å². The van der Waals surface area contributed by atoms with Gasteiger partial charge in [0.15, 0.2) is 17.4 Å². The van der Waals surface area contributed by atoms with Crippen LogP contribution < -0.4 is 15.9 Å². The minimum atomic E-state index is -0.795. The molecule has 8 heteroatoms. The summed E-state index contributed by atoms with van der Waals surface area (Å²) in [7, 11) is 0. The van der Waals surface area contributed by atoms with E-state index in [9.17, 15) is 8.78 Å². The first-order valence-corrected chi connectivity index (χ1v) is 6.60. The SMILES string of the molecule is CCOc1c(F)ccc(C=NNc2nc(N)cs2)c1F. The van der Waals surface area contributed by atoms with E-state index >= 15 is 0 Å². The molecule has 5 nitrogen and oxygen atoms in total. The number of halogens is 2. The Morgan fingerprint density at radius 1 is 1.50 bits per heavy atom. The standard InChI is InChI=1S/C12H12F2N4OS/c1-2-19-11-8(13)4-3-7(10(11)14)5-16-18-12-17-9(15)6-20-12/h3-6H,2,15H2,1H3,(H,17,18). The highest BCUT2D eigenvalue weighted by Crippen LogP contribution is 2.24. The first-order chi connectivity index (χ1) is 9.61. The molecule has 0 radical (unpaired) electrons. The average molecular weight is 298 g/mol. The molecule has 0 amide bonds. The van der Waals surface area contributed by atoms with Gasteiger partial charge in [-0.05, 0) is 19.1 Å². The van der Waals surface area contributed by atoms with Crippen molar-refractivity contribution in [3.05, 3.63) is 34.7 Å². The number of ether oxygens (including phenoxy) is 1. The molecule has 1 aromatic carbocycles. The largest absolute Gasteiger partial charge is 0.488 e. The predicted molar refractivity (Wildman–Crippen MR) is 75.3 cm³/mol. The fourth-order valence-corrected chi connectivity index (χ4v) is 1.97. The van der Waals surface area contributed by atoms with Crippen LogP contribution in [-0.4, -0.2) is 17.8 Å². The predicted octanol–water partition coefficient (Wildman–Crippen LogP) is 2.85. The summed E-state index contributed by atoms with van der Waals surface area (Å²) in [6, 6.07) is 2.39. The average Bonchev–Trinajstić information content (AvgIpc) is 2.83. The molecule has 0 spiro atoms. The molecule has 0 aliphatic rings. The highest BCUT2D eigenvalue weighted by Gasteiger charge is 2.13. The Morgan fingerprint density at radius 3 is 2.95 bits per heavy atom. The lowest BCUT2D eigenvalue weighted by atomic mass is 10.2. The molecule has 3 N–H and O–H groups in total.